The van der Waals surface area contributed by atoms with Gasteiger partial charge in [-0.05, 0) is 63.4 Å². The van der Waals surface area contributed by atoms with Crippen LogP contribution < -0.4 is 5.32 Å². The van der Waals surface area contributed by atoms with Crippen molar-refractivity contribution in [2.75, 3.05) is 32.1 Å². The summed E-state index contributed by atoms with van der Waals surface area (Å²) >= 11 is 0. The Kier molecular flexibility index (Phi) is 7.41. The molecule has 0 unspecified atom stereocenters. The summed E-state index contributed by atoms with van der Waals surface area (Å²) in [5.74, 6) is 1.54. The second-order valence-corrected chi connectivity index (χ2v) is 7.74. The molecule has 1 aliphatic rings. The van der Waals surface area contributed by atoms with Gasteiger partial charge in [-0.2, -0.15) is 0 Å². The quantitative estimate of drug-likeness (QED) is 0.293. The maximum Gasteiger partial charge on any atom is 0.330 e. The topological polar surface area (TPSA) is 111 Å². The Morgan fingerprint density at radius 1 is 1.39 bits per heavy atom. The van der Waals surface area contributed by atoms with Crippen molar-refractivity contribution >= 4 is 23.4 Å². The summed E-state index contributed by atoms with van der Waals surface area (Å²) in [6.45, 7) is 7.12. The molecule has 9 heteroatoms. The molecule has 0 saturated carbocycles. The summed E-state index contributed by atoms with van der Waals surface area (Å²) in [5, 5.41) is 14.7. The molecule has 0 bridgehead atoms. The first-order chi connectivity index (χ1) is 14.9. The van der Waals surface area contributed by atoms with Crippen LogP contribution in [0, 0.1) is 29.9 Å². The summed E-state index contributed by atoms with van der Waals surface area (Å²) in [6, 6.07) is 4.86. The lowest BCUT2D eigenvalue weighted by molar-refractivity contribution is -0.384. The fraction of sp³-hybridized carbons (Fsp3) is 0.455. The van der Waals surface area contributed by atoms with Gasteiger partial charge in [0.2, 0.25) is 5.89 Å². The Labute approximate surface area is 181 Å². The fourth-order valence-corrected chi connectivity index (χ4v) is 3.59. The molecule has 1 saturated heterocycles. The molecule has 0 aliphatic carbocycles. The van der Waals surface area contributed by atoms with E-state index in [-0.39, 0.29) is 5.69 Å². The number of hydrogen-bond acceptors (Lipinski definition) is 8. The van der Waals surface area contributed by atoms with Gasteiger partial charge in [-0.15, -0.1) is 0 Å². The number of anilines is 1. The van der Waals surface area contributed by atoms with E-state index < -0.39 is 10.9 Å². The normalized spacial score (nSPS) is 15.3. The summed E-state index contributed by atoms with van der Waals surface area (Å²) in [7, 11) is 1.28. The van der Waals surface area contributed by atoms with E-state index in [1.165, 1.54) is 25.3 Å². The van der Waals surface area contributed by atoms with E-state index >= 15 is 0 Å². The Balaban J connectivity index is 1.53. The van der Waals surface area contributed by atoms with E-state index in [0.29, 0.717) is 30.3 Å². The Morgan fingerprint density at radius 3 is 2.74 bits per heavy atom. The summed E-state index contributed by atoms with van der Waals surface area (Å²) in [6.07, 6.45) is 4.73. The zero-order chi connectivity index (χ0) is 22.4. The molecule has 0 radical (unpaired) electrons. The van der Waals surface area contributed by atoms with Gasteiger partial charge < -0.3 is 14.5 Å². The average molecular weight is 428 g/mol. The molecule has 2 heterocycles. The second kappa shape index (κ2) is 10.2. The number of carbonyl (C=O) groups excluding carboxylic acids is 1. The number of ether oxygens (including phenoxy) is 1. The number of benzene rings is 1. The van der Waals surface area contributed by atoms with Crippen LogP contribution in [0.25, 0.3) is 6.08 Å². The van der Waals surface area contributed by atoms with Crippen LogP contribution in [0.4, 0.5) is 11.4 Å². The first-order valence-electron chi connectivity index (χ1n) is 10.3. The Morgan fingerprint density at radius 2 is 2.13 bits per heavy atom. The molecule has 2 aromatic rings. The molecule has 1 fully saturated rings. The zero-order valence-electron chi connectivity index (χ0n) is 18.1. The van der Waals surface area contributed by atoms with E-state index in [2.05, 4.69) is 19.9 Å². The van der Waals surface area contributed by atoms with Crippen LogP contribution in [0.2, 0.25) is 0 Å². The molecule has 31 heavy (non-hydrogen) atoms. The van der Waals surface area contributed by atoms with Crippen LogP contribution in [0.3, 0.4) is 0 Å². The van der Waals surface area contributed by atoms with Crippen molar-refractivity contribution < 1.29 is 18.9 Å². The van der Waals surface area contributed by atoms with Crippen LogP contribution in [0.5, 0.6) is 0 Å². The van der Waals surface area contributed by atoms with E-state index in [9.17, 15) is 14.9 Å². The number of rotatable bonds is 8. The number of carbonyl (C=O) groups is 1. The van der Waals surface area contributed by atoms with Gasteiger partial charge in [0.15, 0.2) is 0 Å². The number of nitrogens with one attached hydrogen (secondary N) is 1. The lowest BCUT2D eigenvalue weighted by atomic mass is 9.96. The molecule has 1 aliphatic heterocycles. The number of esters is 1. The van der Waals surface area contributed by atoms with Crippen molar-refractivity contribution in [2.24, 2.45) is 5.92 Å². The number of nitro groups is 1. The predicted molar refractivity (Wildman–Crippen MR) is 117 cm³/mol. The predicted octanol–water partition coefficient (Wildman–Crippen LogP) is 3.71. The van der Waals surface area contributed by atoms with Crippen molar-refractivity contribution in [3.8, 4) is 0 Å². The highest BCUT2D eigenvalue weighted by molar-refractivity contribution is 5.87. The largest absolute Gasteiger partial charge is 0.466 e. The lowest BCUT2D eigenvalue weighted by Crippen LogP contribution is -2.35. The van der Waals surface area contributed by atoms with Crippen molar-refractivity contribution in [3.05, 3.63) is 57.3 Å². The molecule has 3 rings (SSSR count). The second-order valence-electron chi connectivity index (χ2n) is 7.74. The third kappa shape index (κ3) is 6.14. The summed E-state index contributed by atoms with van der Waals surface area (Å²) < 4.78 is 10.2. The zero-order valence-corrected chi connectivity index (χ0v) is 18.1. The number of nitro benzene ring substituents is 1. The van der Waals surface area contributed by atoms with Gasteiger partial charge in [-0.1, -0.05) is 6.07 Å². The minimum Gasteiger partial charge on any atom is -0.466 e. The highest BCUT2D eigenvalue weighted by Gasteiger charge is 2.22. The molecule has 1 N–H and O–H groups in total. The number of likely N-dealkylation sites (tertiary alicyclic amines) is 1. The summed E-state index contributed by atoms with van der Waals surface area (Å²) in [4.78, 5) is 29.1. The van der Waals surface area contributed by atoms with Crippen LogP contribution in [-0.2, 0) is 16.1 Å². The van der Waals surface area contributed by atoms with Crippen LogP contribution in [0.1, 0.15) is 35.7 Å². The van der Waals surface area contributed by atoms with Gasteiger partial charge in [0.05, 0.1) is 24.3 Å². The van der Waals surface area contributed by atoms with Crippen molar-refractivity contribution in [1.29, 1.82) is 0 Å². The van der Waals surface area contributed by atoms with Gasteiger partial charge in [0.1, 0.15) is 11.4 Å². The molecule has 9 nitrogen and oxygen atoms in total. The molecular weight excluding hydrogens is 400 g/mol. The lowest BCUT2D eigenvalue weighted by Gasteiger charge is -2.31. The first-order valence-corrected chi connectivity index (χ1v) is 10.3. The SMILES string of the molecule is COC(=O)C=Cc1ccc(NCC2CCN(Cc3nc(C)c(C)o3)CC2)c([N+](=O)[O-])c1. The molecule has 166 valence electrons. The van der Waals surface area contributed by atoms with E-state index in [4.69, 9.17) is 4.42 Å². The number of hydrogen-bond donors (Lipinski definition) is 1. The monoisotopic (exact) mass is 428 g/mol. The summed E-state index contributed by atoms with van der Waals surface area (Å²) in [5.41, 5.74) is 1.96. The average Bonchev–Trinajstić information content (AvgIpc) is 3.08. The molecule has 0 spiro atoms. The van der Waals surface area contributed by atoms with Crippen molar-refractivity contribution in [1.82, 2.24) is 9.88 Å². The Hall–Kier alpha value is -3.20. The van der Waals surface area contributed by atoms with Gasteiger partial charge in [-0.25, -0.2) is 9.78 Å². The minimum atomic E-state index is -0.510. The van der Waals surface area contributed by atoms with Crippen LogP contribution >= 0.6 is 0 Å². The number of piperidine rings is 1. The maximum absolute atomic E-state index is 11.5. The van der Waals surface area contributed by atoms with E-state index in [1.54, 1.807) is 12.1 Å². The fourth-order valence-electron chi connectivity index (χ4n) is 3.59. The van der Waals surface area contributed by atoms with E-state index in [0.717, 1.165) is 43.3 Å². The number of aromatic nitrogens is 1. The Bertz CT molecular complexity index is 941. The number of oxazole rings is 1. The highest BCUT2D eigenvalue weighted by Crippen LogP contribution is 2.28. The highest BCUT2D eigenvalue weighted by atomic mass is 16.6. The van der Waals surface area contributed by atoms with Gasteiger partial charge >= 0.3 is 5.97 Å². The molecule has 0 atom stereocenters. The first kappa shape index (κ1) is 22.5. The third-order valence-electron chi connectivity index (χ3n) is 5.55. The molecular formula is C22H28N4O5. The van der Waals surface area contributed by atoms with E-state index in [1.807, 2.05) is 13.8 Å². The number of methoxy groups -OCH3 is 1. The molecule has 1 aromatic carbocycles. The smallest absolute Gasteiger partial charge is 0.330 e. The standard InChI is InChI=1S/C22H28N4O5/c1-15-16(2)31-21(24-15)14-25-10-8-18(9-11-25)13-23-19-6-4-17(5-7-22(27)30-3)12-20(19)26(28)29/h4-7,12,18,23H,8-11,13-14H2,1-3H3. The molecule has 0 amide bonds. The minimum absolute atomic E-state index is 0.0147. The van der Waals surface area contributed by atoms with Gasteiger partial charge in [0.25, 0.3) is 5.69 Å². The van der Waals surface area contributed by atoms with Crippen molar-refractivity contribution in [3.63, 3.8) is 0 Å². The van der Waals surface area contributed by atoms with Gasteiger partial charge in [-0.3, -0.25) is 15.0 Å². The van der Waals surface area contributed by atoms with Gasteiger partial charge in [0, 0.05) is 18.7 Å². The maximum atomic E-state index is 11.5. The molecule has 1 aromatic heterocycles. The third-order valence-corrected chi connectivity index (χ3v) is 5.55. The van der Waals surface area contributed by atoms with Crippen LogP contribution in [0.15, 0.2) is 28.7 Å². The van der Waals surface area contributed by atoms with Crippen LogP contribution in [-0.4, -0.2) is 47.5 Å². The number of aryl methyl sites for hydroxylation is 2. The van der Waals surface area contributed by atoms with Crippen molar-refractivity contribution in [2.45, 2.75) is 33.2 Å². The number of nitrogens with zero attached hydrogens (tertiary/aromatic N) is 3.